The van der Waals surface area contributed by atoms with Crippen LogP contribution in [0, 0.1) is 0 Å². The lowest BCUT2D eigenvalue weighted by molar-refractivity contribution is 0.0945. The first-order chi connectivity index (χ1) is 9.67. The molecular weight excluding hydrogens is 336 g/mol. The van der Waals surface area contributed by atoms with Crippen LogP contribution in [-0.2, 0) is 6.54 Å². The van der Waals surface area contributed by atoms with Crippen molar-refractivity contribution in [3.8, 4) is 0 Å². The van der Waals surface area contributed by atoms with Gasteiger partial charge in [0.05, 0.1) is 0 Å². The molecular formula is C16H22BrClN2. The van der Waals surface area contributed by atoms with Crippen LogP contribution in [-0.4, -0.2) is 30.1 Å². The number of hydrogen-bond acceptors (Lipinski definition) is 2. The van der Waals surface area contributed by atoms with Gasteiger partial charge in [0.15, 0.2) is 0 Å². The molecule has 0 amide bonds. The van der Waals surface area contributed by atoms with Crippen LogP contribution in [0.1, 0.15) is 37.7 Å². The lowest BCUT2D eigenvalue weighted by atomic mass is 9.80. The topological polar surface area (TPSA) is 15.3 Å². The fourth-order valence-corrected chi connectivity index (χ4v) is 4.36. The van der Waals surface area contributed by atoms with E-state index >= 15 is 0 Å². The number of piperazine rings is 1. The molecule has 1 spiro atoms. The summed E-state index contributed by atoms with van der Waals surface area (Å²) in [7, 11) is 0. The van der Waals surface area contributed by atoms with Gasteiger partial charge in [-0.15, -0.1) is 0 Å². The molecule has 2 fully saturated rings. The molecule has 1 aliphatic carbocycles. The Balaban J connectivity index is 1.68. The molecule has 1 saturated carbocycles. The zero-order valence-electron chi connectivity index (χ0n) is 11.8. The second-order valence-electron chi connectivity index (χ2n) is 6.21. The second kappa shape index (κ2) is 6.35. The number of rotatable bonds is 2. The summed E-state index contributed by atoms with van der Waals surface area (Å²) in [5.41, 5.74) is 1.61. The van der Waals surface area contributed by atoms with Crippen LogP contribution in [0.3, 0.4) is 0 Å². The maximum atomic E-state index is 6.35. The minimum Gasteiger partial charge on any atom is -0.309 e. The molecule has 3 rings (SSSR count). The highest BCUT2D eigenvalue weighted by molar-refractivity contribution is 9.10. The Labute approximate surface area is 135 Å². The van der Waals surface area contributed by atoms with Crippen molar-refractivity contribution in [1.82, 2.24) is 10.2 Å². The van der Waals surface area contributed by atoms with Crippen LogP contribution < -0.4 is 5.32 Å². The van der Waals surface area contributed by atoms with Gasteiger partial charge < -0.3 is 5.32 Å². The van der Waals surface area contributed by atoms with Crippen LogP contribution in [0.15, 0.2) is 22.7 Å². The summed E-state index contributed by atoms with van der Waals surface area (Å²) in [6, 6.07) is 6.22. The average molecular weight is 358 g/mol. The lowest BCUT2D eigenvalue weighted by Gasteiger charge is -2.46. The van der Waals surface area contributed by atoms with Crippen LogP contribution in [0.4, 0.5) is 0 Å². The standard InChI is InChI=1S/C16H22BrClN2/c17-14-5-4-13(15(18)10-14)11-20-9-8-19-16(12-20)6-2-1-3-7-16/h4-5,10,19H,1-3,6-9,11-12H2. The van der Waals surface area contributed by atoms with E-state index in [1.54, 1.807) is 0 Å². The first-order valence-electron chi connectivity index (χ1n) is 7.58. The van der Waals surface area contributed by atoms with E-state index in [-0.39, 0.29) is 0 Å². The zero-order chi connectivity index (χ0) is 14.0. The zero-order valence-corrected chi connectivity index (χ0v) is 14.1. The van der Waals surface area contributed by atoms with Crippen LogP contribution in [0.25, 0.3) is 0 Å². The molecule has 2 nitrogen and oxygen atoms in total. The highest BCUT2D eigenvalue weighted by Crippen LogP contribution is 2.31. The Bertz CT molecular complexity index is 466. The first kappa shape index (κ1) is 14.8. The van der Waals surface area contributed by atoms with Gasteiger partial charge in [-0.1, -0.05) is 52.9 Å². The largest absolute Gasteiger partial charge is 0.309 e. The van der Waals surface area contributed by atoms with Crippen molar-refractivity contribution in [2.75, 3.05) is 19.6 Å². The molecule has 0 atom stereocenters. The molecule has 1 heterocycles. The van der Waals surface area contributed by atoms with Crippen LogP contribution in [0.2, 0.25) is 5.02 Å². The lowest BCUT2D eigenvalue weighted by Crippen LogP contribution is -2.60. The van der Waals surface area contributed by atoms with E-state index in [1.165, 1.54) is 44.2 Å². The highest BCUT2D eigenvalue weighted by atomic mass is 79.9. The Kier molecular flexibility index (Phi) is 4.71. The summed E-state index contributed by atoms with van der Waals surface area (Å²) in [5.74, 6) is 0. The molecule has 1 N–H and O–H groups in total. The Hall–Kier alpha value is -0.0900. The molecule has 0 unspecified atom stereocenters. The van der Waals surface area contributed by atoms with Crippen molar-refractivity contribution >= 4 is 27.5 Å². The minimum atomic E-state index is 0.373. The predicted octanol–water partition coefficient (Wildman–Crippen LogP) is 4.21. The summed E-state index contributed by atoms with van der Waals surface area (Å²) < 4.78 is 1.05. The van der Waals surface area contributed by atoms with Gasteiger partial charge in [0.25, 0.3) is 0 Å². The molecule has 1 aliphatic heterocycles. The number of nitrogens with one attached hydrogen (secondary N) is 1. The van der Waals surface area contributed by atoms with E-state index in [0.717, 1.165) is 29.1 Å². The summed E-state index contributed by atoms with van der Waals surface area (Å²) in [5, 5.41) is 4.66. The van der Waals surface area contributed by atoms with Gasteiger partial charge in [0.1, 0.15) is 0 Å². The van der Waals surface area contributed by atoms with Crippen molar-refractivity contribution in [2.45, 2.75) is 44.2 Å². The first-order valence-corrected chi connectivity index (χ1v) is 8.75. The molecule has 4 heteroatoms. The Morgan fingerprint density at radius 2 is 2.05 bits per heavy atom. The molecule has 20 heavy (non-hydrogen) atoms. The number of hydrogen-bond donors (Lipinski definition) is 1. The van der Waals surface area contributed by atoms with Crippen molar-refractivity contribution < 1.29 is 0 Å². The van der Waals surface area contributed by atoms with Crippen LogP contribution in [0.5, 0.6) is 0 Å². The van der Waals surface area contributed by atoms with E-state index in [0.29, 0.717) is 5.54 Å². The minimum absolute atomic E-state index is 0.373. The third-order valence-corrected chi connectivity index (χ3v) is 5.52. The van der Waals surface area contributed by atoms with Gasteiger partial charge in [-0.3, -0.25) is 4.90 Å². The maximum absolute atomic E-state index is 6.35. The van der Waals surface area contributed by atoms with Crippen molar-refractivity contribution in [1.29, 1.82) is 0 Å². The SMILES string of the molecule is Clc1cc(Br)ccc1CN1CCNC2(CCCCC2)C1. The van der Waals surface area contributed by atoms with E-state index in [1.807, 2.05) is 6.07 Å². The summed E-state index contributed by atoms with van der Waals surface area (Å²) in [6.07, 6.45) is 6.82. The third kappa shape index (κ3) is 3.38. The van der Waals surface area contributed by atoms with Gasteiger partial charge in [0, 0.05) is 41.2 Å². The van der Waals surface area contributed by atoms with Gasteiger partial charge >= 0.3 is 0 Å². The van der Waals surface area contributed by atoms with E-state index < -0.39 is 0 Å². The normalized spacial score (nSPS) is 23.1. The Morgan fingerprint density at radius 3 is 2.80 bits per heavy atom. The van der Waals surface area contributed by atoms with Crippen molar-refractivity contribution in [3.05, 3.63) is 33.3 Å². The smallest absolute Gasteiger partial charge is 0.0462 e. The maximum Gasteiger partial charge on any atom is 0.0462 e. The van der Waals surface area contributed by atoms with E-state index in [9.17, 15) is 0 Å². The molecule has 0 radical (unpaired) electrons. The fourth-order valence-electron chi connectivity index (χ4n) is 3.63. The fraction of sp³-hybridized carbons (Fsp3) is 0.625. The molecule has 110 valence electrons. The second-order valence-corrected chi connectivity index (χ2v) is 7.54. The van der Waals surface area contributed by atoms with Gasteiger partial charge in [-0.2, -0.15) is 0 Å². The van der Waals surface area contributed by atoms with Gasteiger partial charge in [0.2, 0.25) is 0 Å². The number of nitrogens with zero attached hydrogens (tertiary/aromatic N) is 1. The number of halogens is 2. The van der Waals surface area contributed by atoms with E-state index in [2.05, 4.69) is 38.3 Å². The number of benzene rings is 1. The average Bonchev–Trinajstić information content (AvgIpc) is 2.43. The summed E-state index contributed by atoms with van der Waals surface area (Å²) in [4.78, 5) is 2.57. The molecule has 1 aromatic rings. The summed E-state index contributed by atoms with van der Waals surface area (Å²) in [6.45, 7) is 4.36. The molecule has 0 aromatic heterocycles. The van der Waals surface area contributed by atoms with E-state index in [4.69, 9.17) is 11.6 Å². The van der Waals surface area contributed by atoms with Crippen molar-refractivity contribution in [3.63, 3.8) is 0 Å². The van der Waals surface area contributed by atoms with Crippen LogP contribution >= 0.6 is 27.5 Å². The molecule has 1 aromatic carbocycles. The predicted molar refractivity (Wildman–Crippen MR) is 88.2 cm³/mol. The Morgan fingerprint density at radius 1 is 1.25 bits per heavy atom. The molecule has 1 saturated heterocycles. The molecule has 2 aliphatic rings. The monoisotopic (exact) mass is 356 g/mol. The third-order valence-electron chi connectivity index (χ3n) is 4.67. The van der Waals surface area contributed by atoms with Gasteiger partial charge in [-0.25, -0.2) is 0 Å². The molecule has 0 bridgehead atoms. The van der Waals surface area contributed by atoms with Gasteiger partial charge in [-0.05, 0) is 30.5 Å². The quantitative estimate of drug-likeness (QED) is 0.853. The van der Waals surface area contributed by atoms with Crippen molar-refractivity contribution in [2.24, 2.45) is 0 Å². The highest BCUT2D eigenvalue weighted by Gasteiger charge is 2.35. The summed E-state index contributed by atoms with van der Waals surface area (Å²) >= 11 is 9.82.